The highest BCUT2D eigenvalue weighted by Crippen LogP contribution is 2.36. The number of ether oxygens (including phenoxy) is 2. The summed E-state index contributed by atoms with van der Waals surface area (Å²) in [6, 6.07) is 6.35. The molecule has 0 spiro atoms. The van der Waals surface area contributed by atoms with E-state index < -0.39 is 0 Å². The van der Waals surface area contributed by atoms with Crippen LogP contribution in [0.5, 0.6) is 11.5 Å². The van der Waals surface area contributed by atoms with Crippen LogP contribution in [0, 0.1) is 0 Å². The highest BCUT2D eigenvalue weighted by atomic mass is 16.7. The van der Waals surface area contributed by atoms with Crippen molar-refractivity contribution in [3.8, 4) is 11.5 Å². The Morgan fingerprint density at radius 3 is 2.53 bits per heavy atom. The van der Waals surface area contributed by atoms with Gasteiger partial charge in [-0.05, 0) is 49.0 Å². The maximum Gasteiger partial charge on any atom is 0.231 e. The quantitative estimate of drug-likeness (QED) is 0.710. The molecule has 0 N–H and O–H groups in total. The Hall–Kier alpha value is -1.44. The van der Waals surface area contributed by atoms with E-state index in [2.05, 4.69) is 18.2 Å². The van der Waals surface area contributed by atoms with Crippen LogP contribution in [0.4, 0.5) is 0 Å². The third-order valence-electron chi connectivity index (χ3n) is 4.03. The third kappa shape index (κ3) is 3.12. The molecule has 2 heteroatoms. The Balaban J connectivity index is 1.79. The van der Waals surface area contributed by atoms with Crippen molar-refractivity contribution in [2.45, 2.75) is 51.4 Å². The molecule has 1 aromatic carbocycles. The monoisotopic (exact) mass is 258 g/mol. The standard InChI is InChI=1S/C17H22O2/c1-2-4-6-8-14(9-7-5-3-1)15-10-11-16-17(12-15)19-13-18-16/h8,10-12H,1-7,9,13H2/b14-8+. The average molecular weight is 258 g/mol. The highest BCUT2D eigenvalue weighted by molar-refractivity contribution is 5.68. The molecule has 0 saturated carbocycles. The van der Waals surface area contributed by atoms with Crippen molar-refractivity contribution in [3.63, 3.8) is 0 Å². The van der Waals surface area contributed by atoms with Gasteiger partial charge in [0.2, 0.25) is 6.79 Å². The number of allylic oxidation sites excluding steroid dienone is 2. The normalized spacial score (nSPS) is 22.6. The van der Waals surface area contributed by atoms with Crippen LogP contribution < -0.4 is 9.47 Å². The fourth-order valence-electron chi connectivity index (χ4n) is 2.90. The SMILES string of the molecule is C1=C(/c2ccc3c(c2)OCO3)CCCCCCCC/1. The van der Waals surface area contributed by atoms with E-state index in [9.17, 15) is 0 Å². The second-order valence-electron chi connectivity index (χ2n) is 5.46. The maximum atomic E-state index is 5.48. The molecule has 0 amide bonds. The van der Waals surface area contributed by atoms with Crippen LogP contribution in [-0.4, -0.2) is 6.79 Å². The van der Waals surface area contributed by atoms with Crippen molar-refractivity contribution < 1.29 is 9.47 Å². The van der Waals surface area contributed by atoms with Gasteiger partial charge in [0.25, 0.3) is 0 Å². The Kier molecular flexibility index (Phi) is 4.07. The first-order chi connectivity index (χ1) is 9.43. The third-order valence-corrected chi connectivity index (χ3v) is 4.03. The first kappa shape index (κ1) is 12.6. The minimum atomic E-state index is 0.359. The molecule has 1 heterocycles. The summed E-state index contributed by atoms with van der Waals surface area (Å²) in [5.41, 5.74) is 2.80. The molecule has 0 bridgehead atoms. The summed E-state index contributed by atoms with van der Waals surface area (Å²) in [5.74, 6) is 1.78. The van der Waals surface area contributed by atoms with Gasteiger partial charge in [0.05, 0.1) is 0 Å². The molecule has 1 aliphatic heterocycles. The van der Waals surface area contributed by atoms with E-state index in [0.717, 1.165) is 11.5 Å². The van der Waals surface area contributed by atoms with Crippen LogP contribution in [0.3, 0.4) is 0 Å². The summed E-state index contributed by atoms with van der Waals surface area (Å²) in [5, 5.41) is 0. The fraction of sp³-hybridized carbons (Fsp3) is 0.529. The van der Waals surface area contributed by atoms with Gasteiger partial charge in [0.1, 0.15) is 0 Å². The number of hydrogen-bond donors (Lipinski definition) is 0. The summed E-state index contributed by atoms with van der Waals surface area (Å²) in [7, 11) is 0. The summed E-state index contributed by atoms with van der Waals surface area (Å²) in [6.07, 6.45) is 13.0. The first-order valence-electron chi connectivity index (χ1n) is 7.52. The van der Waals surface area contributed by atoms with Gasteiger partial charge < -0.3 is 9.47 Å². The predicted octanol–water partition coefficient (Wildman–Crippen LogP) is 4.93. The van der Waals surface area contributed by atoms with Crippen LogP contribution in [0.2, 0.25) is 0 Å². The Labute approximate surface area is 115 Å². The smallest absolute Gasteiger partial charge is 0.231 e. The van der Waals surface area contributed by atoms with E-state index in [0.29, 0.717) is 6.79 Å². The second kappa shape index (κ2) is 6.14. The van der Waals surface area contributed by atoms with Gasteiger partial charge in [0, 0.05) is 0 Å². The van der Waals surface area contributed by atoms with Crippen molar-refractivity contribution >= 4 is 5.57 Å². The van der Waals surface area contributed by atoms with Gasteiger partial charge in [-0.1, -0.05) is 37.8 Å². The van der Waals surface area contributed by atoms with Crippen molar-refractivity contribution in [1.29, 1.82) is 0 Å². The molecule has 0 unspecified atom stereocenters. The zero-order valence-electron chi connectivity index (χ0n) is 11.5. The molecular weight excluding hydrogens is 236 g/mol. The zero-order valence-corrected chi connectivity index (χ0v) is 11.5. The molecular formula is C17H22O2. The molecule has 0 atom stereocenters. The Morgan fingerprint density at radius 2 is 1.58 bits per heavy atom. The lowest BCUT2D eigenvalue weighted by atomic mass is 9.95. The summed E-state index contributed by atoms with van der Waals surface area (Å²) in [6.45, 7) is 0.359. The molecule has 0 saturated heterocycles. The molecule has 1 aromatic rings. The molecule has 3 rings (SSSR count). The first-order valence-corrected chi connectivity index (χ1v) is 7.52. The summed E-state index contributed by atoms with van der Waals surface area (Å²) >= 11 is 0. The molecule has 1 aliphatic carbocycles. The van der Waals surface area contributed by atoms with Crippen LogP contribution in [-0.2, 0) is 0 Å². The van der Waals surface area contributed by atoms with Gasteiger partial charge in [-0.2, -0.15) is 0 Å². The van der Waals surface area contributed by atoms with E-state index in [1.54, 1.807) is 0 Å². The lowest BCUT2D eigenvalue weighted by Gasteiger charge is -2.11. The number of benzene rings is 1. The molecule has 2 nitrogen and oxygen atoms in total. The maximum absolute atomic E-state index is 5.48. The Morgan fingerprint density at radius 1 is 0.789 bits per heavy atom. The molecule has 0 radical (unpaired) electrons. The topological polar surface area (TPSA) is 18.5 Å². The predicted molar refractivity (Wildman–Crippen MR) is 77.5 cm³/mol. The van der Waals surface area contributed by atoms with E-state index in [4.69, 9.17) is 9.47 Å². The van der Waals surface area contributed by atoms with Crippen molar-refractivity contribution in [1.82, 2.24) is 0 Å². The van der Waals surface area contributed by atoms with E-state index in [-0.39, 0.29) is 0 Å². The van der Waals surface area contributed by atoms with Crippen molar-refractivity contribution in [2.24, 2.45) is 0 Å². The molecule has 0 fully saturated rings. The minimum Gasteiger partial charge on any atom is -0.454 e. The van der Waals surface area contributed by atoms with Gasteiger partial charge in [-0.3, -0.25) is 0 Å². The van der Waals surface area contributed by atoms with E-state index in [1.807, 2.05) is 6.07 Å². The largest absolute Gasteiger partial charge is 0.454 e. The summed E-state index contributed by atoms with van der Waals surface area (Å²) in [4.78, 5) is 0. The fourth-order valence-corrected chi connectivity index (χ4v) is 2.90. The lowest BCUT2D eigenvalue weighted by molar-refractivity contribution is 0.174. The lowest BCUT2D eigenvalue weighted by Crippen LogP contribution is -1.93. The van der Waals surface area contributed by atoms with E-state index in [1.165, 1.54) is 62.5 Å². The zero-order chi connectivity index (χ0) is 12.9. The average Bonchev–Trinajstić information content (AvgIpc) is 2.92. The van der Waals surface area contributed by atoms with Crippen molar-refractivity contribution in [2.75, 3.05) is 6.79 Å². The van der Waals surface area contributed by atoms with Gasteiger partial charge in [-0.15, -0.1) is 0 Å². The Bertz CT molecular complexity index is 462. The highest BCUT2D eigenvalue weighted by Gasteiger charge is 2.14. The van der Waals surface area contributed by atoms with Gasteiger partial charge in [0.15, 0.2) is 11.5 Å². The van der Waals surface area contributed by atoms with Gasteiger partial charge in [-0.25, -0.2) is 0 Å². The van der Waals surface area contributed by atoms with E-state index >= 15 is 0 Å². The van der Waals surface area contributed by atoms with Crippen molar-refractivity contribution in [3.05, 3.63) is 29.8 Å². The van der Waals surface area contributed by atoms with Gasteiger partial charge >= 0.3 is 0 Å². The molecule has 19 heavy (non-hydrogen) atoms. The van der Waals surface area contributed by atoms with Crippen LogP contribution in [0.15, 0.2) is 24.3 Å². The van der Waals surface area contributed by atoms with Crippen LogP contribution in [0.1, 0.15) is 56.9 Å². The summed E-state index contributed by atoms with van der Waals surface area (Å²) < 4.78 is 10.9. The number of hydrogen-bond acceptors (Lipinski definition) is 2. The second-order valence-corrected chi connectivity index (χ2v) is 5.46. The number of fused-ring (bicyclic) bond motifs is 1. The van der Waals surface area contributed by atoms with Crippen LogP contribution in [0.25, 0.3) is 5.57 Å². The molecule has 0 aromatic heterocycles. The molecule has 102 valence electrons. The minimum absolute atomic E-state index is 0.359. The molecule has 2 aliphatic rings. The van der Waals surface area contributed by atoms with Crippen LogP contribution >= 0.6 is 0 Å². The number of rotatable bonds is 1.